The number of ether oxygens (including phenoxy) is 1. The Hall–Kier alpha value is -3.35. The number of nitrogens with two attached hydrogens (primary N) is 2. The van der Waals surface area contributed by atoms with Gasteiger partial charge in [0.25, 0.3) is 0 Å². The summed E-state index contributed by atoms with van der Waals surface area (Å²) >= 11 is 0. The molecule has 0 bridgehead atoms. The fourth-order valence-corrected chi connectivity index (χ4v) is 2.17. The van der Waals surface area contributed by atoms with Crippen LogP contribution in [0.1, 0.15) is 29.3 Å². The maximum atomic E-state index is 12.2. The van der Waals surface area contributed by atoms with Gasteiger partial charge >= 0.3 is 5.97 Å². The molecule has 2 aromatic rings. The van der Waals surface area contributed by atoms with E-state index in [0.29, 0.717) is 30.0 Å². The van der Waals surface area contributed by atoms with E-state index in [0.717, 1.165) is 12.0 Å². The lowest BCUT2D eigenvalue weighted by atomic mass is 10.1. The molecule has 0 aliphatic rings. The van der Waals surface area contributed by atoms with Crippen LogP contribution in [0.5, 0.6) is 5.75 Å². The molecule has 0 aliphatic heterocycles. The van der Waals surface area contributed by atoms with Crippen molar-refractivity contribution in [2.45, 2.75) is 19.8 Å². The quantitative estimate of drug-likeness (QED) is 0.303. The maximum Gasteiger partial charge on any atom is 0.343 e. The van der Waals surface area contributed by atoms with E-state index >= 15 is 0 Å². The van der Waals surface area contributed by atoms with Crippen LogP contribution in [0.2, 0.25) is 0 Å². The Balaban J connectivity index is 1.94. The molecule has 0 aromatic heterocycles. The van der Waals surface area contributed by atoms with Crippen LogP contribution < -0.4 is 21.5 Å². The van der Waals surface area contributed by atoms with Gasteiger partial charge in [0.15, 0.2) is 5.96 Å². The smallest absolute Gasteiger partial charge is 0.343 e. The molecule has 2 rings (SSSR count). The van der Waals surface area contributed by atoms with Crippen LogP contribution >= 0.6 is 0 Å². The minimum absolute atomic E-state index is 0.0301. The highest BCUT2D eigenvalue weighted by Gasteiger charge is 2.09. The molecule has 7 heteroatoms. The van der Waals surface area contributed by atoms with Crippen molar-refractivity contribution < 1.29 is 14.3 Å². The second-order valence-corrected chi connectivity index (χ2v) is 5.64. The Morgan fingerprint density at radius 2 is 1.69 bits per heavy atom. The number of carbonyl (C=O) groups is 2. The molecule has 0 spiro atoms. The summed E-state index contributed by atoms with van der Waals surface area (Å²) in [5.41, 5.74) is 12.4. The largest absolute Gasteiger partial charge is 0.423 e. The van der Waals surface area contributed by atoms with Crippen molar-refractivity contribution in [3.8, 4) is 5.75 Å². The van der Waals surface area contributed by atoms with Crippen molar-refractivity contribution in [3.05, 3.63) is 59.7 Å². The first-order chi connectivity index (χ1) is 12.5. The predicted octanol–water partition coefficient (Wildman–Crippen LogP) is 1.88. The third kappa shape index (κ3) is 5.94. The van der Waals surface area contributed by atoms with Crippen LogP contribution in [0.3, 0.4) is 0 Å². The van der Waals surface area contributed by atoms with Crippen molar-refractivity contribution in [1.29, 1.82) is 0 Å². The van der Waals surface area contributed by atoms with Gasteiger partial charge in [-0.05, 0) is 48.4 Å². The van der Waals surface area contributed by atoms with Crippen molar-refractivity contribution in [2.24, 2.45) is 16.5 Å². The summed E-state index contributed by atoms with van der Waals surface area (Å²) < 4.78 is 5.32. The fourth-order valence-electron chi connectivity index (χ4n) is 2.17. The predicted molar refractivity (Wildman–Crippen MR) is 100 cm³/mol. The number of hydrogen-bond acceptors (Lipinski definition) is 4. The molecule has 0 atom stereocenters. The summed E-state index contributed by atoms with van der Waals surface area (Å²) in [6.45, 7) is 2.66. The van der Waals surface area contributed by atoms with Gasteiger partial charge < -0.3 is 21.5 Å². The number of nitrogens with zero attached hydrogens (tertiary/aromatic N) is 1. The van der Waals surface area contributed by atoms with Gasteiger partial charge in [-0.25, -0.2) is 9.79 Å². The molecular weight excluding hydrogens is 332 g/mol. The summed E-state index contributed by atoms with van der Waals surface area (Å²) in [5.74, 6) is -0.169. The minimum atomic E-state index is -0.491. The highest BCUT2D eigenvalue weighted by Crippen LogP contribution is 2.17. The molecule has 0 radical (unpaired) electrons. The number of guanidine groups is 1. The van der Waals surface area contributed by atoms with Crippen molar-refractivity contribution in [3.63, 3.8) is 0 Å². The normalized spacial score (nSPS) is 10.0. The molecule has 0 heterocycles. The first-order valence-corrected chi connectivity index (χ1v) is 8.25. The third-order valence-corrected chi connectivity index (χ3v) is 3.43. The van der Waals surface area contributed by atoms with Gasteiger partial charge in [-0.1, -0.05) is 19.1 Å². The topological polar surface area (TPSA) is 120 Å². The first kappa shape index (κ1) is 19.0. The Bertz CT molecular complexity index is 779. The maximum absolute atomic E-state index is 12.2. The molecule has 0 fully saturated rings. The Morgan fingerprint density at radius 1 is 1.04 bits per heavy atom. The van der Waals surface area contributed by atoms with Crippen molar-refractivity contribution in [2.75, 3.05) is 6.54 Å². The van der Waals surface area contributed by atoms with E-state index in [1.54, 1.807) is 48.5 Å². The molecular formula is C19H22N4O3. The molecule has 0 unspecified atom stereocenters. The molecule has 2 aromatic carbocycles. The van der Waals surface area contributed by atoms with Crippen LogP contribution in [0.25, 0.3) is 0 Å². The average Bonchev–Trinajstić information content (AvgIpc) is 2.61. The van der Waals surface area contributed by atoms with E-state index in [1.165, 1.54) is 0 Å². The van der Waals surface area contributed by atoms with E-state index in [4.69, 9.17) is 16.2 Å². The van der Waals surface area contributed by atoms with Crippen molar-refractivity contribution >= 4 is 23.5 Å². The van der Waals surface area contributed by atoms with Crippen LogP contribution in [0, 0.1) is 0 Å². The number of amides is 1. The Kier molecular flexibility index (Phi) is 6.73. The lowest BCUT2D eigenvalue weighted by Gasteiger charge is -2.07. The fraction of sp³-hybridized carbons (Fsp3) is 0.211. The zero-order valence-electron chi connectivity index (χ0n) is 14.6. The van der Waals surface area contributed by atoms with Crippen molar-refractivity contribution in [1.82, 2.24) is 5.32 Å². The van der Waals surface area contributed by atoms with Crippen LogP contribution in [0.4, 0.5) is 5.69 Å². The second kappa shape index (κ2) is 9.22. The summed E-state index contributed by atoms with van der Waals surface area (Å²) in [6.07, 6.45) is 1.19. The van der Waals surface area contributed by atoms with Gasteiger partial charge in [-0.3, -0.25) is 4.79 Å². The summed E-state index contributed by atoms with van der Waals surface area (Å²) in [6, 6.07) is 13.2. The van der Waals surface area contributed by atoms with Gasteiger partial charge in [0.1, 0.15) is 5.75 Å². The van der Waals surface area contributed by atoms with Crippen LogP contribution in [0.15, 0.2) is 53.5 Å². The minimum Gasteiger partial charge on any atom is -0.423 e. The summed E-state index contributed by atoms with van der Waals surface area (Å²) in [5, 5.41) is 2.82. The van der Waals surface area contributed by atoms with E-state index in [1.807, 2.05) is 6.92 Å². The van der Waals surface area contributed by atoms with Gasteiger partial charge in [-0.15, -0.1) is 0 Å². The second-order valence-electron chi connectivity index (χ2n) is 5.64. The Morgan fingerprint density at radius 3 is 2.27 bits per heavy atom. The number of esters is 1. The SMILES string of the molecule is CCCNC(=O)Cc1ccc(OC(=O)c2ccc(N=C(N)N)cc2)cc1. The standard InChI is InChI=1S/C19H22N4O3/c1-2-11-22-17(24)12-13-3-9-16(10-4-13)26-18(25)14-5-7-15(8-6-14)23-19(20)21/h3-10H,2,11-12H2,1H3,(H,22,24)(H4,20,21,23). The number of aliphatic imine (C=N–C) groups is 1. The highest BCUT2D eigenvalue weighted by molar-refractivity contribution is 5.91. The monoisotopic (exact) mass is 354 g/mol. The van der Waals surface area contributed by atoms with Gasteiger partial charge in [-0.2, -0.15) is 0 Å². The van der Waals surface area contributed by atoms with Crippen LogP contribution in [-0.4, -0.2) is 24.4 Å². The first-order valence-electron chi connectivity index (χ1n) is 8.25. The molecule has 26 heavy (non-hydrogen) atoms. The van der Waals surface area contributed by atoms with E-state index in [-0.39, 0.29) is 11.9 Å². The lowest BCUT2D eigenvalue weighted by Crippen LogP contribution is -2.25. The zero-order chi connectivity index (χ0) is 18.9. The van der Waals surface area contributed by atoms with E-state index in [2.05, 4.69) is 10.3 Å². The zero-order valence-corrected chi connectivity index (χ0v) is 14.6. The Labute approximate surface area is 152 Å². The number of hydrogen-bond donors (Lipinski definition) is 3. The number of benzene rings is 2. The molecule has 0 saturated carbocycles. The van der Waals surface area contributed by atoms with E-state index < -0.39 is 5.97 Å². The molecule has 7 nitrogen and oxygen atoms in total. The molecule has 136 valence electrons. The van der Waals surface area contributed by atoms with Gasteiger partial charge in [0.05, 0.1) is 17.7 Å². The number of rotatable bonds is 7. The molecule has 0 aliphatic carbocycles. The highest BCUT2D eigenvalue weighted by atomic mass is 16.5. The number of nitrogens with one attached hydrogen (secondary N) is 1. The number of carbonyl (C=O) groups excluding carboxylic acids is 2. The van der Waals surface area contributed by atoms with Gasteiger partial charge in [0.2, 0.25) is 5.91 Å². The molecule has 5 N–H and O–H groups in total. The lowest BCUT2D eigenvalue weighted by molar-refractivity contribution is -0.120. The average molecular weight is 354 g/mol. The summed E-state index contributed by atoms with van der Waals surface area (Å²) in [7, 11) is 0. The third-order valence-electron chi connectivity index (χ3n) is 3.43. The van der Waals surface area contributed by atoms with Gasteiger partial charge in [0, 0.05) is 6.54 Å². The van der Waals surface area contributed by atoms with Crippen LogP contribution in [-0.2, 0) is 11.2 Å². The van der Waals surface area contributed by atoms with E-state index in [9.17, 15) is 9.59 Å². The molecule has 1 amide bonds. The molecule has 0 saturated heterocycles. The summed E-state index contributed by atoms with van der Waals surface area (Å²) in [4.78, 5) is 27.7.